The average molecular weight is 569 g/mol. The van der Waals surface area contributed by atoms with E-state index < -0.39 is 17.8 Å². The van der Waals surface area contributed by atoms with Crippen molar-refractivity contribution in [3.05, 3.63) is 92.9 Å². The Balaban J connectivity index is 1.47. The monoisotopic (exact) mass is 567 g/mol. The van der Waals surface area contributed by atoms with E-state index in [1.807, 2.05) is 25.1 Å². The summed E-state index contributed by atoms with van der Waals surface area (Å²) in [7, 11) is 0. The number of ether oxygens (including phenoxy) is 1. The van der Waals surface area contributed by atoms with E-state index in [-0.39, 0.29) is 28.9 Å². The molecule has 2 N–H and O–H groups in total. The summed E-state index contributed by atoms with van der Waals surface area (Å²) < 4.78 is 6.29. The van der Waals surface area contributed by atoms with E-state index in [1.54, 1.807) is 36.4 Å². The molecule has 0 saturated carbocycles. The Morgan fingerprint density at radius 2 is 1.83 bits per heavy atom. The van der Waals surface area contributed by atoms with Crippen molar-refractivity contribution in [1.29, 1.82) is 0 Å². The molecule has 1 aliphatic rings. The molecule has 5 amide bonds. The molecule has 3 aromatic carbocycles. The molecule has 1 heterocycles. The highest BCUT2D eigenvalue weighted by atomic mass is 79.9. The third-order valence-electron chi connectivity index (χ3n) is 5.11. The number of amides is 5. The summed E-state index contributed by atoms with van der Waals surface area (Å²) in [6.07, 6.45) is 1.33. The van der Waals surface area contributed by atoms with Crippen LogP contribution in [0.25, 0.3) is 6.08 Å². The lowest BCUT2D eigenvalue weighted by Gasteiger charge is -2.26. The number of barbiturate groups is 1. The van der Waals surface area contributed by atoms with E-state index in [4.69, 9.17) is 16.3 Å². The Bertz CT molecular complexity index is 1400. The van der Waals surface area contributed by atoms with Gasteiger partial charge >= 0.3 is 6.03 Å². The van der Waals surface area contributed by atoms with Gasteiger partial charge in [-0.2, -0.15) is 0 Å². The van der Waals surface area contributed by atoms with E-state index in [0.29, 0.717) is 16.9 Å². The topological polar surface area (TPSA) is 105 Å². The second kappa shape index (κ2) is 10.8. The van der Waals surface area contributed by atoms with Crippen LogP contribution in [0.3, 0.4) is 0 Å². The van der Waals surface area contributed by atoms with Gasteiger partial charge in [0.15, 0.2) is 6.61 Å². The van der Waals surface area contributed by atoms with Crippen molar-refractivity contribution in [3.8, 4) is 5.75 Å². The van der Waals surface area contributed by atoms with Gasteiger partial charge in [-0.15, -0.1) is 0 Å². The third kappa shape index (κ3) is 5.81. The summed E-state index contributed by atoms with van der Waals surface area (Å²) in [6.45, 7) is 1.66. The summed E-state index contributed by atoms with van der Waals surface area (Å²) in [4.78, 5) is 50.8. The first kappa shape index (κ1) is 25.2. The van der Waals surface area contributed by atoms with Crippen molar-refractivity contribution in [2.45, 2.75) is 6.92 Å². The summed E-state index contributed by atoms with van der Waals surface area (Å²) in [5.74, 6) is -1.69. The smallest absolute Gasteiger partial charge is 0.335 e. The molecule has 0 bridgehead atoms. The normalized spacial score (nSPS) is 14.6. The van der Waals surface area contributed by atoms with Gasteiger partial charge in [0.05, 0.1) is 10.7 Å². The lowest BCUT2D eigenvalue weighted by Crippen LogP contribution is -2.54. The molecule has 0 spiro atoms. The Morgan fingerprint density at radius 3 is 2.53 bits per heavy atom. The maximum absolute atomic E-state index is 13.0. The molecule has 1 aliphatic heterocycles. The Hall–Kier alpha value is -3.95. The fraction of sp³-hybridized carbons (Fsp3) is 0.0769. The number of anilines is 2. The van der Waals surface area contributed by atoms with Gasteiger partial charge in [-0.05, 0) is 72.7 Å². The van der Waals surface area contributed by atoms with Crippen LogP contribution in [0.15, 0.2) is 76.8 Å². The van der Waals surface area contributed by atoms with Crippen molar-refractivity contribution in [3.63, 3.8) is 0 Å². The van der Waals surface area contributed by atoms with E-state index in [9.17, 15) is 19.2 Å². The maximum atomic E-state index is 13.0. The van der Waals surface area contributed by atoms with Crippen LogP contribution in [-0.4, -0.2) is 30.4 Å². The van der Waals surface area contributed by atoms with E-state index in [0.717, 1.165) is 14.9 Å². The van der Waals surface area contributed by atoms with Gasteiger partial charge in [0.25, 0.3) is 17.7 Å². The van der Waals surface area contributed by atoms with Crippen LogP contribution in [0.1, 0.15) is 11.1 Å². The number of imide groups is 2. The molecule has 0 unspecified atom stereocenters. The number of benzene rings is 3. The molecule has 4 rings (SSSR count). The SMILES string of the molecule is Cc1cccc(NC(=O)COc2ccc(/C=C3\C(=O)NC(=O)N(c4ccc(Br)cc4)C3=O)cc2Cl)c1. The number of carbonyl (C=O) groups is 4. The minimum Gasteiger partial charge on any atom is -0.482 e. The summed E-state index contributed by atoms with van der Waals surface area (Å²) in [5.41, 5.74) is 2.17. The van der Waals surface area contributed by atoms with E-state index in [2.05, 4.69) is 26.6 Å². The molecule has 3 aromatic rings. The highest BCUT2D eigenvalue weighted by Crippen LogP contribution is 2.28. The average Bonchev–Trinajstić information content (AvgIpc) is 2.82. The quantitative estimate of drug-likeness (QED) is 0.318. The molecular weight excluding hydrogens is 550 g/mol. The molecular formula is C26H19BrClN3O5. The van der Waals surface area contributed by atoms with Crippen LogP contribution in [0.2, 0.25) is 5.02 Å². The van der Waals surface area contributed by atoms with Crippen molar-refractivity contribution < 1.29 is 23.9 Å². The minimum atomic E-state index is -0.838. The van der Waals surface area contributed by atoms with Crippen LogP contribution in [0.5, 0.6) is 5.75 Å². The van der Waals surface area contributed by atoms with Crippen LogP contribution in [-0.2, 0) is 14.4 Å². The first-order valence-corrected chi connectivity index (χ1v) is 11.8. The lowest BCUT2D eigenvalue weighted by atomic mass is 10.1. The number of urea groups is 1. The van der Waals surface area contributed by atoms with Crippen molar-refractivity contribution in [2.24, 2.45) is 0 Å². The van der Waals surface area contributed by atoms with E-state index >= 15 is 0 Å². The zero-order chi connectivity index (χ0) is 25.8. The van der Waals surface area contributed by atoms with Crippen LogP contribution in [0.4, 0.5) is 16.2 Å². The lowest BCUT2D eigenvalue weighted by molar-refractivity contribution is -0.122. The molecule has 0 radical (unpaired) electrons. The standard InChI is InChI=1S/C26H19BrClN3O5/c1-15-3-2-4-18(11-15)29-23(32)14-36-22-10-5-16(13-21(22)28)12-20-24(33)30-26(35)31(25(20)34)19-8-6-17(27)7-9-19/h2-13H,14H2,1H3,(H,29,32)(H,30,33,35)/b20-12+. The molecule has 182 valence electrons. The molecule has 1 fully saturated rings. The van der Waals surface area contributed by atoms with Crippen LogP contribution >= 0.6 is 27.5 Å². The van der Waals surface area contributed by atoms with Gasteiger partial charge in [0.1, 0.15) is 11.3 Å². The molecule has 0 atom stereocenters. The number of carbonyl (C=O) groups excluding carboxylic acids is 4. The first-order chi connectivity index (χ1) is 17.2. The second-order valence-electron chi connectivity index (χ2n) is 7.83. The zero-order valence-corrected chi connectivity index (χ0v) is 21.2. The van der Waals surface area contributed by atoms with Crippen LogP contribution < -0.4 is 20.3 Å². The highest BCUT2D eigenvalue weighted by molar-refractivity contribution is 9.10. The van der Waals surface area contributed by atoms with Gasteiger partial charge in [-0.25, -0.2) is 9.69 Å². The van der Waals surface area contributed by atoms with Crippen LogP contribution in [0, 0.1) is 6.92 Å². The van der Waals surface area contributed by atoms with Gasteiger partial charge < -0.3 is 10.1 Å². The number of aryl methyl sites for hydroxylation is 1. The molecule has 36 heavy (non-hydrogen) atoms. The number of nitrogens with zero attached hydrogens (tertiary/aromatic N) is 1. The third-order valence-corrected chi connectivity index (χ3v) is 5.94. The minimum absolute atomic E-state index is 0.178. The number of halogens is 2. The number of rotatable bonds is 6. The zero-order valence-electron chi connectivity index (χ0n) is 18.9. The van der Waals surface area contributed by atoms with E-state index in [1.165, 1.54) is 18.2 Å². The highest BCUT2D eigenvalue weighted by Gasteiger charge is 2.36. The second-order valence-corrected chi connectivity index (χ2v) is 9.15. The number of hydrogen-bond acceptors (Lipinski definition) is 5. The summed E-state index contributed by atoms with van der Waals surface area (Å²) in [5, 5.41) is 5.09. The molecule has 0 aromatic heterocycles. The Kier molecular flexibility index (Phi) is 7.52. The fourth-order valence-electron chi connectivity index (χ4n) is 3.44. The Labute approximate surface area is 220 Å². The molecule has 8 nitrogen and oxygen atoms in total. The summed E-state index contributed by atoms with van der Waals surface area (Å²) >= 11 is 9.61. The van der Waals surface area contributed by atoms with Gasteiger partial charge in [0.2, 0.25) is 0 Å². The van der Waals surface area contributed by atoms with Crippen molar-refractivity contribution in [2.75, 3.05) is 16.8 Å². The predicted octanol–water partition coefficient (Wildman–Crippen LogP) is 5.09. The van der Waals surface area contributed by atoms with Gasteiger partial charge in [-0.1, -0.05) is 45.7 Å². The maximum Gasteiger partial charge on any atom is 0.335 e. The Morgan fingerprint density at radius 1 is 1.08 bits per heavy atom. The number of hydrogen-bond donors (Lipinski definition) is 2. The van der Waals surface area contributed by atoms with Gasteiger partial charge in [0, 0.05) is 10.2 Å². The van der Waals surface area contributed by atoms with Crippen molar-refractivity contribution >= 4 is 68.7 Å². The van der Waals surface area contributed by atoms with Crippen molar-refractivity contribution in [1.82, 2.24) is 5.32 Å². The largest absolute Gasteiger partial charge is 0.482 e. The molecule has 1 saturated heterocycles. The molecule has 0 aliphatic carbocycles. The molecule has 10 heteroatoms. The summed E-state index contributed by atoms with van der Waals surface area (Å²) in [6, 6.07) is 17.6. The van der Waals surface area contributed by atoms with Gasteiger partial charge in [-0.3, -0.25) is 19.7 Å². The number of nitrogens with one attached hydrogen (secondary N) is 2. The fourth-order valence-corrected chi connectivity index (χ4v) is 3.94. The first-order valence-electron chi connectivity index (χ1n) is 10.7. The predicted molar refractivity (Wildman–Crippen MR) is 140 cm³/mol.